The van der Waals surface area contributed by atoms with Crippen molar-refractivity contribution in [3.63, 3.8) is 0 Å². The number of carbonyl (C=O) groups excluding carboxylic acids is 2. The van der Waals surface area contributed by atoms with Gasteiger partial charge in [0.25, 0.3) is 0 Å². The van der Waals surface area contributed by atoms with Crippen molar-refractivity contribution >= 4 is 17.7 Å². The van der Waals surface area contributed by atoms with Gasteiger partial charge in [0.15, 0.2) is 0 Å². The van der Waals surface area contributed by atoms with Crippen LogP contribution in [0.1, 0.15) is 39.0 Å². The quantitative estimate of drug-likeness (QED) is 0.625. The van der Waals surface area contributed by atoms with Crippen LogP contribution >= 0.6 is 0 Å². The highest BCUT2D eigenvalue weighted by molar-refractivity contribution is 5.99. The van der Waals surface area contributed by atoms with Crippen molar-refractivity contribution in [3.05, 3.63) is 0 Å². The van der Waals surface area contributed by atoms with Crippen molar-refractivity contribution in [1.82, 2.24) is 10.6 Å². The van der Waals surface area contributed by atoms with Crippen LogP contribution in [0.15, 0.2) is 5.16 Å². The second kappa shape index (κ2) is 7.65. The number of hydrogen-bond acceptors (Lipinski definition) is 4. The van der Waals surface area contributed by atoms with Crippen LogP contribution in [-0.4, -0.2) is 30.8 Å². The second-order valence-corrected chi connectivity index (χ2v) is 4.07. The molecule has 1 rings (SSSR count). The van der Waals surface area contributed by atoms with Gasteiger partial charge in [-0.25, -0.2) is 4.79 Å². The molecule has 0 aliphatic carbocycles. The third-order valence-corrected chi connectivity index (χ3v) is 2.40. The predicted octanol–water partition coefficient (Wildman–Crippen LogP) is 1.17. The van der Waals surface area contributed by atoms with E-state index < -0.39 is 6.09 Å². The van der Waals surface area contributed by atoms with Crippen molar-refractivity contribution in [2.24, 2.45) is 5.16 Å². The molecule has 0 saturated heterocycles. The molecule has 0 bridgehead atoms. The molecule has 0 aromatic carbocycles. The zero-order chi connectivity index (χ0) is 12.5. The Morgan fingerprint density at radius 1 is 1.06 bits per heavy atom. The van der Waals surface area contributed by atoms with E-state index in [0.29, 0.717) is 18.8 Å². The Hall–Kier alpha value is -1.59. The summed E-state index contributed by atoms with van der Waals surface area (Å²) in [6, 6.07) is 0. The molecule has 6 heteroatoms. The first-order valence-electron chi connectivity index (χ1n) is 5.93. The maximum atomic E-state index is 11.4. The SMILES string of the molecule is C/C1=N/OC(=O)NCCCCCCNC(=O)C1. The summed E-state index contributed by atoms with van der Waals surface area (Å²) in [4.78, 5) is 27.1. The van der Waals surface area contributed by atoms with Crippen LogP contribution in [-0.2, 0) is 9.63 Å². The summed E-state index contributed by atoms with van der Waals surface area (Å²) >= 11 is 0. The molecule has 1 heterocycles. The standard InChI is InChI=1S/C11H19N3O3/c1-9-8-10(15)12-6-4-2-3-5-7-13-11(16)17-14-9/h2-8H2,1H3,(H,12,15)(H,13,16)/b14-9-. The number of oxime groups is 1. The summed E-state index contributed by atoms with van der Waals surface area (Å²) in [6.07, 6.45) is 3.54. The monoisotopic (exact) mass is 241 g/mol. The highest BCUT2D eigenvalue weighted by Gasteiger charge is 2.06. The van der Waals surface area contributed by atoms with Gasteiger partial charge in [0.2, 0.25) is 5.91 Å². The number of carbonyl (C=O) groups is 2. The van der Waals surface area contributed by atoms with E-state index in [4.69, 9.17) is 0 Å². The first kappa shape index (κ1) is 13.5. The molecule has 1 aliphatic rings. The molecule has 0 saturated carbocycles. The van der Waals surface area contributed by atoms with Gasteiger partial charge in [0.1, 0.15) is 0 Å². The van der Waals surface area contributed by atoms with Gasteiger partial charge >= 0.3 is 6.09 Å². The predicted molar refractivity (Wildman–Crippen MR) is 63.7 cm³/mol. The first-order chi connectivity index (χ1) is 8.18. The average Bonchev–Trinajstić information content (AvgIpc) is 2.29. The van der Waals surface area contributed by atoms with Crippen LogP contribution in [0.4, 0.5) is 4.79 Å². The highest BCUT2D eigenvalue weighted by Crippen LogP contribution is 1.99. The largest absolute Gasteiger partial charge is 0.433 e. The fraction of sp³-hybridized carbons (Fsp3) is 0.727. The number of amides is 2. The molecule has 2 N–H and O–H groups in total. The van der Waals surface area contributed by atoms with Crippen LogP contribution in [0.3, 0.4) is 0 Å². The zero-order valence-corrected chi connectivity index (χ0v) is 10.1. The van der Waals surface area contributed by atoms with E-state index in [0.717, 1.165) is 25.7 Å². The molecule has 2 amide bonds. The van der Waals surface area contributed by atoms with Crippen LogP contribution in [0, 0.1) is 0 Å². The molecule has 96 valence electrons. The van der Waals surface area contributed by atoms with Crippen LogP contribution < -0.4 is 10.6 Å². The normalized spacial score (nSPS) is 23.5. The van der Waals surface area contributed by atoms with Crippen molar-refractivity contribution in [2.45, 2.75) is 39.0 Å². The molecule has 0 atom stereocenters. The number of rotatable bonds is 0. The van der Waals surface area contributed by atoms with Gasteiger partial charge in [-0.05, 0) is 19.8 Å². The van der Waals surface area contributed by atoms with E-state index >= 15 is 0 Å². The smallest absolute Gasteiger partial charge is 0.356 e. The summed E-state index contributed by atoms with van der Waals surface area (Å²) in [5.41, 5.74) is 0.481. The number of nitrogens with one attached hydrogen (secondary N) is 2. The summed E-state index contributed by atoms with van der Waals surface area (Å²) < 4.78 is 0. The summed E-state index contributed by atoms with van der Waals surface area (Å²) in [7, 11) is 0. The van der Waals surface area contributed by atoms with Gasteiger partial charge < -0.3 is 10.6 Å². The van der Waals surface area contributed by atoms with E-state index in [9.17, 15) is 9.59 Å². The maximum absolute atomic E-state index is 11.4. The van der Waals surface area contributed by atoms with E-state index in [1.54, 1.807) is 6.92 Å². The second-order valence-electron chi connectivity index (χ2n) is 4.07. The van der Waals surface area contributed by atoms with Gasteiger partial charge in [-0.3, -0.25) is 9.63 Å². The average molecular weight is 241 g/mol. The van der Waals surface area contributed by atoms with E-state index in [-0.39, 0.29) is 12.3 Å². The van der Waals surface area contributed by atoms with Crippen LogP contribution in [0.2, 0.25) is 0 Å². The molecule has 1 aliphatic heterocycles. The fourth-order valence-corrected chi connectivity index (χ4v) is 1.50. The number of nitrogens with zero attached hydrogens (tertiary/aromatic N) is 1. The molecule has 6 nitrogen and oxygen atoms in total. The van der Waals surface area contributed by atoms with Gasteiger partial charge in [0, 0.05) is 13.1 Å². The lowest BCUT2D eigenvalue weighted by Gasteiger charge is -2.07. The van der Waals surface area contributed by atoms with Crippen molar-refractivity contribution in [1.29, 1.82) is 0 Å². The van der Waals surface area contributed by atoms with Gasteiger partial charge in [-0.2, -0.15) is 0 Å². The summed E-state index contributed by atoms with van der Waals surface area (Å²) in [5.74, 6) is -0.0904. The molecule has 0 radical (unpaired) electrons. The Morgan fingerprint density at radius 3 is 2.41 bits per heavy atom. The lowest BCUT2D eigenvalue weighted by molar-refractivity contribution is -0.119. The van der Waals surface area contributed by atoms with Crippen molar-refractivity contribution in [2.75, 3.05) is 13.1 Å². The molecule has 0 fully saturated rings. The van der Waals surface area contributed by atoms with Gasteiger partial charge in [-0.1, -0.05) is 18.0 Å². The maximum Gasteiger partial charge on any atom is 0.433 e. The summed E-state index contributed by atoms with van der Waals surface area (Å²) in [5, 5.41) is 8.99. The Morgan fingerprint density at radius 2 is 1.71 bits per heavy atom. The van der Waals surface area contributed by atoms with Crippen LogP contribution in [0.25, 0.3) is 0 Å². The molecule has 0 aromatic rings. The van der Waals surface area contributed by atoms with E-state index in [2.05, 4.69) is 20.6 Å². The Kier molecular flexibility index (Phi) is 6.06. The van der Waals surface area contributed by atoms with Crippen LogP contribution in [0.5, 0.6) is 0 Å². The Balaban J connectivity index is 2.47. The molecular weight excluding hydrogens is 222 g/mol. The lowest BCUT2D eigenvalue weighted by Crippen LogP contribution is -2.27. The lowest BCUT2D eigenvalue weighted by atomic mass is 10.2. The van der Waals surface area contributed by atoms with Gasteiger partial charge in [-0.15, -0.1) is 0 Å². The molecular formula is C11H19N3O3. The fourth-order valence-electron chi connectivity index (χ4n) is 1.50. The Labute approximate surface area is 101 Å². The van der Waals surface area contributed by atoms with E-state index in [1.807, 2.05) is 0 Å². The zero-order valence-electron chi connectivity index (χ0n) is 10.1. The summed E-state index contributed by atoms with van der Waals surface area (Å²) in [6.45, 7) is 2.94. The third-order valence-electron chi connectivity index (χ3n) is 2.40. The molecule has 17 heavy (non-hydrogen) atoms. The van der Waals surface area contributed by atoms with E-state index in [1.165, 1.54) is 0 Å². The highest BCUT2D eigenvalue weighted by atomic mass is 16.7. The molecule has 0 unspecified atom stereocenters. The molecule has 0 spiro atoms. The third kappa shape index (κ3) is 6.55. The minimum atomic E-state index is -0.568. The number of hydrogen-bond donors (Lipinski definition) is 2. The Bertz CT molecular complexity index is 302. The minimum Gasteiger partial charge on any atom is -0.356 e. The van der Waals surface area contributed by atoms with Crippen molar-refractivity contribution in [3.8, 4) is 0 Å². The topological polar surface area (TPSA) is 79.8 Å². The molecule has 0 aromatic heterocycles. The minimum absolute atomic E-state index is 0.0904. The first-order valence-corrected chi connectivity index (χ1v) is 5.93. The van der Waals surface area contributed by atoms with Crippen molar-refractivity contribution < 1.29 is 14.4 Å². The van der Waals surface area contributed by atoms with Gasteiger partial charge in [0.05, 0.1) is 12.1 Å².